The third kappa shape index (κ3) is 4.25. The van der Waals surface area contributed by atoms with Gasteiger partial charge in [-0.25, -0.2) is 4.98 Å². The van der Waals surface area contributed by atoms with Gasteiger partial charge in [0.05, 0.1) is 0 Å². The minimum Gasteiger partial charge on any atom is -0.439 e. The summed E-state index contributed by atoms with van der Waals surface area (Å²) in [6.07, 6.45) is 0. The van der Waals surface area contributed by atoms with E-state index in [4.69, 9.17) is 4.74 Å². The molecule has 0 bridgehead atoms. The second kappa shape index (κ2) is 8.67. The van der Waals surface area contributed by atoms with Gasteiger partial charge in [-0.15, -0.1) is 0 Å². The maximum Gasteiger partial charge on any atom is 0.253 e. The third-order valence-electron chi connectivity index (χ3n) is 5.65. The highest BCUT2D eigenvalue weighted by Gasteiger charge is 2.23. The maximum atomic E-state index is 13.1. The number of ether oxygens (including phenoxy) is 1. The Morgan fingerprint density at radius 2 is 1.53 bits per heavy atom. The smallest absolute Gasteiger partial charge is 0.253 e. The van der Waals surface area contributed by atoms with Gasteiger partial charge >= 0.3 is 0 Å². The number of hydrogen-bond donors (Lipinski definition) is 0. The van der Waals surface area contributed by atoms with Crippen LogP contribution in [0.25, 0.3) is 10.8 Å². The van der Waals surface area contributed by atoms with Gasteiger partial charge in [0.1, 0.15) is 17.4 Å². The lowest BCUT2D eigenvalue weighted by molar-refractivity contribution is 0.0746. The van der Waals surface area contributed by atoms with Gasteiger partial charge in [0, 0.05) is 37.8 Å². The summed E-state index contributed by atoms with van der Waals surface area (Å²) in [6.45, 7) is 4.56. The molecule has 6 nitrogen and oxygen atoms in total. The molecule has 0 radical (unpaired) electrons. The van der Waals surface area contributed by atoms with E-state index in [1.165, 1.54) is 0 Å². The number of benzene rings is 3. The summed E-state index contributed by atoms with van der Waals surface area (Å²) in [5, 5.41) is 2.22. The van der Waals surface area contributed by atoms with E-state index >= 15 is 0 Å². The molecule has 0 saturated carbocycles. The number of piperazine rings is 1. The minimum absolute atomic E-state index is 0.0716. The number of anilines is 1. The molecule has 1 fully saturated rings. The zero-order chi connectivity index (χ0) is 21.9. The predicted octanol–water partition coefficient (Wildman–Crippen LogP) is 4.69. The first-order valence-electron chi connectivity index (χ1n) is 10.8. The molecule has 4 aromatic rings. The van der Waals surface area contributed by atoms with Crippen molar-refractivity contribution in [1.82, 2.24) is 14.9 Å². The molecule has 3 aromatic carbocycles. The summed E-state index contributed by atoms with van der Waals surface area (Å²) < 4.78 is 5.90. The second-order valence-electron chi connectivity index (χ2n) is 7.87. The first kappa shape index (κ1) is 20.0. The quantitative estimate of drug-likeness (QED) is 0.476. The van der Waals surface area contributed by atoms with Gasteiger partial charge in [-0.2, -0.15) is 4.98 Å². The Bertz CT molecular complexity index is 1250. The molecule has 6 heteroatoms. The van der Waals surface area contributed by atoms with Crippen LogP contribution in [0.2, 0.25) is 0 Å². The van der Waals surface area contributed by atoms with E-state index in [0.717, 1.165) is 27.9 Å². The topological polar surface area (TPSA) is 58.6 Å². The van der Waals surface area contributed by atoms with Crippen LogP contribution in [0.5, 0.6) is 11.6 Å². The number of carbonyl (C=O) groups is 1. The number of hydrogen-bond acceptors (Lipinski definition) is 5. The van der Waals surface area contributed by atoms with Crippen LogP contribution in [0.1, 0.15) is 16.2 Å². The molecule has 1 amide bonds. The van der Waals surface area contributed by atoms with Crippen molar-refractivity contribution in [3.05, 3.63) is 90.3 Å². The molecule has 1 saturated heterocycles. The summed E-state index contributed by atoms with van der Waals surface area (Å²) >= 11 is 0. The fourth-order valence-corrected chi connectivity index (χ4v) is 3.99. The van der Waals surface area contributed by atoms with Crippen LogP contribution in [0.3, 0.4) is 0 Å². The summed E-state index contributed by atoms with van der Waals surface area (Å²) in [6, 6.07) is 25.5. The Kier molecular flexibility index (Phi) is 5.42. The highest BCUT2D eigenvalue weighted by molar-refractivity contribution is 5.98. The van der Waals surface area contributed by atoms with Crippen LogP contribution in [0.4, 0.5) is 5.82 Å². The molecule has 0 spiro atoms. The van der Waals surface area contributed by atoms with Crippen molar-refractivity contribution in [2.75, 3.05) is 31.1 Å². The number of nitrogens with zero attached hydrogens (tertiary/aromatic N) is 4. The first-order valence-corrected chi connectivity index (χ1v) is 10.8. The lowest BCUT2D eigenvalue weighted by Gasteiger charge is -2.35. The molecule has 5 rings (SSSR count). The number of carbonyl (C=O) groups excluding carboxylic acids is 1. The fourth-order valence-electron chi connectivity index (χ4n) is 3.99. The number of aromatic nitrogens is 2. The Balaban J connectivity index is 1.27. The van der Waals surface area contributed by atoms with Gasteiger partial charge in [0.2, 0.25) is 5.88 Å². The van der Waals surface area contributed by atoms with Crippen molar-refractivity contribution in [2.45, 2.75) is 6.92 Å². The van der Waals surface area contributed by atoms with Gasteiger partial charge < -0.3 is 14.5 Å². The van der Waals surface area contributed by atoms with Crippen molar-refractivity contribution in [2.24, 2.45) is 0 Å². The molecule has 160 valence electrons. The summed E-state index contributed by atoms with van der Waals surface area (Å²) in [5.41, 5.74) is 0.730. The minimum atomic E-state index is 0.0716. The molecule has 0 unspecified atom stereocenters. The summed E-state index contributed by atoms with van der Waals surface area (Å²) in [5.74, 6) is 2.81. The first-order chi connectivity index (χ1) is 15.7. The molecular formula is C26H24N4O2. The van der Waals surface area contributed by atoms with Crippen molar-refractivity contribution in [3.63, 3.8) is 0 Å². The summed E-state index contributed by atoms with van der Waals surface area (Å²) in [4.78, 5) is 26.1. The molecule has 1 aromatic heterocycles. The van der Waals surface area contributed by atoms with Crippen LogP contribution in [-0.2, 0) is 0 Å². The Labute approximate surface area is 187 Å². The van der Waals surface area contributed by atoms with Gasteiger partial charge in [-0.1, -0.05) is 48.5 Å². The van der Waals surface area contributed by atoms with E-state index in [-0.39, 0.29) is 5.91 Å². The Morgan fingerprint density at radius 3 is 2.31 bits per heavy atom. The molecule has 1 aliphatic rings. The molecule has 0 aliphatic carbocycles. The lowest BCUT2D eigenvalue weighted by atomic mass is 10.1. The van der Waals surface area contributed by atoms with E-state index in [1.807, 2.05) is 84.6 Å². The number of aryl methyl sites for hydroxylation is 1. The summed E-state index contributed by atoms with van der Waals surface area (Å²) in [7, 11) is 0. The molecule has 1 aliphatic heterocycles. The van der Waals surface area contributed by atoms with Crippen molar-refractivity contribution in [3.8, 4) is 11.6 Å². The number of fused-ring (bicyclic) bond motifs is 1. The largest absolute Gasteiger partial charge is 0.439 e. The van der Waals surface area contributed by atoms with Crippen LogP contribution in [-0.4, -0.2) is 47.0 Å². The zero-order valence-corrected chi connectivity index (χ0v) is 17.9. The highest BCUT2D eigenvalue weighted by Crippen LogP contribution is 2.24. The molecule has 32 heavy (non-hydrogen) atoms. The maximum absolute atomic E-state index is 13.1. The average molecular weight is 425 g/mol. The van der Waals surface area contributed by atoms with Gasteiger partial charge in [0.15, 0.2) is 0 Å². The average Bonchev–Trinajstić information content (AvgIpc) is 2.84. The number of amides is 1. The third-order valence-corrected chi connectivity index (χ3v) is 5.65. The number of para-hydroxylation sites is 1. The molecule has 0 N–H and O–H groups in total. The van der Waals surface area contributed by atoms with E-state index < -0.39 is 0 Å². The lowest BCUT2D eigenvalue weighted by Crippen LogP contribution is -2.49. The normalized spacial score (nSPS) is 13.9. The van der Waals surface area contributed by atoms with E-state index in [9.17, 15) is 4.79 Å². The molecule has 2 heterocycles. The van der Waals surface area contributed by atoms with Crippen LogP contribution in [0, 0.1) is 6.92 Å². The molecular weight excluding hydrogens is 400 g/mol. The van der Waals surface area contributed by atoms with Crippen LogP contribution >= 0.6 is 0 Å². The van der Waals surface area contributed by atoms with Crippen molar-refractivity contribution in [1.29, 1.82) is 0 Å². The van der Waals surface area contributed by atoms with Crippen LogP contribution in [0.15, 0.2) is 78.9 Å². The standard InChI is InChI=1S/C26H24N4O2/c1-19-27-24(18-25(28-19)32-23-9-3-2-4-10-23)29-13-15-30(16-14-29)26(31)22-12-11-20-7-5-6-8-21(20)17-22/h2-12,17-18H,13-16H2,1H3. The highest BCUT2D eigenvalue weighted by atomic mass is 16.5. The SMILES string of the molecule is Cc1nc(Oc2ccccc2)cc(N2CCN(C(=O)c3ccc4ccccc4c3)CC2)n1. The fraction of sp³-hybridized carbons (Fsp3) is 0.192. The van der Waals surface area contributed by atoms with Gasteiger partial charge in [0.25, 0.3) is 5.91 Å². The van der Waals surface area contributed by atoms with Crippen LogP contribution < -0.4 is 9.64 Å². The zero-order valence-electron chi connectivity index (χ0n) is 17.9. The monoisotopic (exact) mass is 424 g/mol. The van der Waals surface area contributed by atoms with Crippen molar-refractivity contribution >= 4 is 22.5 Å². The Morgan fingerprint density at radius 1 is 0.812 bits per heavy atom. The van der Waals surface area contributed by atoms with Gasteiger partial charge in [-0.05, 0) is 42.0 Å². The van der Waals surface area contributed by atoms with Gasteiger partial charge in [-0.3, -0.25) is 4.79 Å². The number of rotatable bonds is 4. The second-order valence-corrected chi connectivity index (χ2v) is 7.87. The van der Waals surface area contributed by atoms with Crippen molar-refractivity contribution < 1.29 is 9.53 Å². The van der Waals surface area contributed by atoms with E-state index in [1.54, 1.807) is 0 Å². The van der Waals surface area contributed by atoms with E-state index in [2.05, 4.69) is 20.9 Å². The Hall–Kier alpha value is -3.93. The van der Waals surface area contributed by atoms with E-state index in [0.29, 0.717) is 37.9 Å². The molecule has 0 atom stereocenters. The predicted molar refractivity (Wildman–Crippen MR) is 125 cm³/mol.